The molecule has 6 rings (SSSR count). The van der Waals surface area contributed by atoms with E-state index in [1.165, 1.54) is 64.2 Å². The Balaban J connectivity index is 1.14. The molecule has 41 heavy (non-hydrogen) atoms. The molecular formula is C35H56N2O3S. The van der Waals surface area contributed by atoms with Gasteiger partial charge < -0.3 is 10.0 Å². The fourth-order valence-corrected chi connectivity index (χ4v) is 12.6. The van der Waals surface area contributed by atoms with Gasteiger partial charge in [-0.05, 0) is 141 Å². The van der Waals surface area contributed by atoms with Crippen molar-refractivity contribution in [3.63, 3.8) is 0 Å². The Kier molecular flexibility index (Phi) is 8.35. The predicted molar refractivity (Wildman–Crippen MR) is 167 cm³/mol. The molecule has 1 unspecified atom stereocenters. The molecule has 0 radical (unpaired) electrons. The number of nitrogens with zero attached hydrogens (tertiary/aromatic N) is 1. The van der Waals surface area contributed by atoms with Crippen LogP contribution >= 0.6 is 0 Å². The summed E-state index contributed by atoms with van der Waals surface area (Å²) >= 11 is 0. The quantitative estimate of drug-likeness (QED) is 0.354. The van der Waals surface area contributed by atoms with Gasteiger partial charge >= 0.3 is 0 Å². The van der Waals surface area contributed by atoms with E-state index in [0.717, 1.165) is 55.3 Å². The van der Waals surface area contributed by atoms with Gasteiger partial charge in [-0.3, -0.25) is 0 Å². The highest BCUT2D eigenvalue weighted by Gasteiger charge is 2.62. The second-order valence-corrected chi connectivity index (χ2v) is 17.2. The minimum atomic E-state index is -3.55. The molecule has 1 aliphatic heterocycles. The van der Waals surface area contributed by atoms with Crippen molar-refractivity contribution in [1.29, 1.82) is 0 Å². The van der Waals surface area contributed by atoms with Gasteiger partial charge in [-0.15, -0.1) is 0 Å². The first kappa shape index (κ1) is 29.9. The van der Waals surface area contributed by atoms with Crippen LogP contribution in [-0.2, 0) is 10.0 Å². The van der Waals surface area contributed by atoms with Gasteiger partial charge in [-0.25, -0.2) is 13.1 Å². The highest BCUT2D eigenvalue weighted by Crippen LogP contribution is 2.69. The van der Waals surface area contributed by atoms with Crippen LogP contribution in [0.4, 0.5) is 5.69 Å². The third-order valence-electron chi connectivity index (χ3n) is 13.5. The molecule has 5 fully saturated rings. The van der Waals surface area contributed by atoms with E-state index < -0.39 is 10.0 Å². The van der Waals surface area contributed by atoms with E-state index in [4.69, 9.17) is 0 Å². The molecule has 5 aliphatic rings. The third-order valence-corrected chi connectivity index (χ3v) is 15.0. The number of benzene rings is 1. The van der Waals surface area contributed by atoms with E-state index >= 15 is 0 Å². The van der Waals surface area contributed by atoms with Gasteiger partial charge in [-0.1, -0.05) is 40.2 Å². The van der Waals surface area contributed by atoms with Crippen molar-refractivity contribution in [3.8, 4) is 0 Å². The van der Waals surface area contributed by atoms with Gasteiger partial charge in [0.2, 0.25) is 10.0 Å². The third kappa shape index (κ3) is 5.30. The lowest BCUT2D eigenvalue weighted by molar-refractivity contribution is -0.152. The molecule has 10 atom stereocenters. The summed E-state index contributed by atoms with van der Waals surface area (Å²) in [5.74, 6) is 4.64. The molecule has 2 N–H and O–H groups in total. The number of anilines is 1. The maximum Gasteiger partial charge on any atom is 0.240 e. The predicted octanol–water partition coefficient (Wildman–Crippen LogP) is 7.25. The van der Waals surface area contributed by atoms with Crippen molar-refractivity contribution in [2.45, 2.75) is 116 Å². The Labute approximate surface area is 250 Å². The SMILES string of the molecule is CC[C@H]1C[C@H]2C3CC[C@H]([C@H](C)CNS(=O)(=O)c4cccc(N5CCCCC5)c4)[C@@]3(C)CC[C@@H]2[C@@]2(C)CC[C@@H](O)C[C@@H]12. The van der Waals surface area contributed by atoms with Crippen molar-refractivity contribution >= 4 is 15.7 Å². The molecule has 1 heterocycles. The van der Waals surface area contributed by atoms with E-state index in [9.17, 15) is 13.5 Å². The van der Waals surface area contributed by atoms with E-state index in [2.05, 4.69) is 43.4 Å². The topological polar surface area (TPSA) is 69.6 Å². The molecular weight excluding hydrogens is 528 g/mol. The van der Waals surface area contributed by atoms with E-state index in [-0.39, 0.29) is 6.10 Å². The molecule has 230 valence electrons. The highest BCUT2D eigenvalue weighted by atomic mass is 32.2. The fraction of sp³-hybridized carbons (Fsp3) is 0.829. The molecule has 0 aromatic heterocycles. The molecule has 4 aliphatic carbocycles. The fourth-order valence-electron chi connectivity index (χ4n) is 11.4. The van der Waals surface area contributed by atoms with Crippen LogP contribution in [0.1, 0.15) is 105 Å². The summed E-state index contributed by atoms with van der Waals surface area (Å²) in [4.78, 5) is 2.73. The Morgan fingerprint density at radius 3 is 2.46 bits per heavy atom. The van der Waals surface area contributed by atoms with Crippen molar-refractivity contribution in [2.75, 3.05) is 24.5 Å². The Hall–Kier alpha value is -1.11. The van der Waals surface area contributed by atoms with Crippen LogP contribution < -0.4 is 9.62 Å². The summed E-state index contributed by atoms with van der Waals surface area (Å²) in [6.45, 7) is 12.4. The number of aliphatic hydroxyl groups excluding tert-OH is 1. The minimum absolute atomic E-state index is 0.0970. The molecule has 0 spiro atoms. The minimum Gasteiger partial charge on any atom is -0.393 e. The van der Waals surface area contributed by atoms with Crippen LogP contribution in [0.25, 0.3) is 0 Å². The summed E-state index contributed by atoms with van der Waals surface area (Å²) in [5, 5.41) is 10.6. The van der Waals surface area contributed by atoms with Crippen LogP contribution in [0.2, 0.25) is 0 Å². The Bertz CT molecular complexity index is 1180. The second-order valence-electron chi connectivity index (χ2n) is 15.4. The lowest BCUT2D eigenvalue weighted by Crippen LogP contribution is -2.57. The molecule has 1 saturated heterocycles. The number of fused-ring (bicyclic) bond motifs is 5. The maximum absolute atomic E-state index is 13.5. The highest BCUT2D eigenvalue weighted by molar-refractivity contribution is 7.89. The zero-order valence-corrected chi connectivity index (χ0v) is 27.0. The average molecular weight is 585 g/mol. The van der Waals surface area contributed by atoms with Crippen LogP contribution in [0.5, 0.6) is 0 Å². The standard InChI is InChI=1S/C35H56N2O3S/c1-5-25-20-29-31-13-12-30(34(31,3)17-15-32(29)35(4)16-14-27(38)22-33(25)35)24(2)23-36-41(39,40)28-11-9-10-26(21-28)37-18-7-6-8-19-37/h9-11,21,24-25,27,29-33,36,38H,5-8,12-20,22-23H2,1-4H3/t24-,25+,27-,29+,30-,31?,32+,33+,34-,35-/m1/s1. The number of piperidine rings is 1. The van der Waals surface area contributed by atoms with Gasteiger partial charge in [-0.2, -0.15) is 0 Å². The van der Waals surface area contributed by atoms with Gasteiger partial charge in [0.05, 0.1) is 11.0 Å². The number of hydrogen-bond acceptors (Lipinski definition) is 4. The Morgan fingerprint density at radius 2 is 1.71 bits per heavy atom. The van der Waals surface area contributed by atoms with Crippen LogP contribution in [-0.4, -0.2) is 39.3 Å². The molecule has 1 aromatic rings. The first-order chi connectivity index (χ1) is 19.6. The van der Waals surface area contributed by atoms with Crippen LogP contribution in [0.3, 0.4) is 0 Å². The summed E-state index contributed by atoms with van der Waals surface area (Å²) in [6, 6.07) is 7.57. The summed E-state index contributed by atoms with van der Waals surface area (Å²) in [5.41, 5.74) is 1.71. The molecule has 1 aromatic carbocycles. The maximum atomic E-state index is 13.5. The first-order valence-electron chi connectivity index (χ1n) is 17.1. The average Bonchev–Trinajstić information content (AvgIpc) is 3.34. The second kappa shape index (κ2) is 11.4. The normalized spacial score (nSPS) is 41.8. The lowest BCUT2D eigenvalue weighted by atomic mass is 9.42. The zero-order valence-electron chi connectivity index (χ0n) is 26.2. The molecule has 0 bridgehead atoms. The van der Waals surface area contributed by atoms with E-state index in [1.807, 2.05) is 12.1 Å². The monoisotopic (exact) mass is 584 g/mol. The number of hydrogen-bond donors (Lipinski definition) is 2. The van der Waals surface area contributed by atoms with Gasteiger partial charge in [0, 0.05) is 25.3 Å². The van der Waals surface area contributed by atoms with Gasteiger partial charge in [0.15, 0.2) is 0 Å². The number of rotatable bonds is 7. The zero-order chi connectivity index (χ0) is 29.0. The first-order valence-corrected chi connectivity index (χ1v) is 18.6. The van der Waals surface area contributed by atoms with Crippen LogP contribution in [0.15, 0.2) is 29.2 Å². The van der Waals surface area contributed by atoms with E-state index in [1.54, 1.807) is 6.07 Å². The largest absolute Gasteiger partial charge is 0.393 e. The van der Waals surface area contributed by atoms with Crippen molar-refractivity contribution < 1.29 is 13.5 Å². The molecule has 0 amide bonds. The van der Waals surface area contributed by atoms with Crippen molar-refractivity contribution in [2.24, 2.45) is 52.3 Å². The van der Waals surface area contributed by atoms with Gasteiger partial charge in [0.25, 0.3) is 0 Å². The molecule has 6 heteroatoms. The van der Waals surface area contributed by atoms with Crippen molar-refractivity contribution in [1.82, 2.24) is 4.72 Å². The molecule has 5 nitrogen and oxygen atoms in total. The summed E-state index contributed by atoms with van der Waals surface area (Å²) in [6.07, 6.45) is 14.4. The summed E-state index contributed by atoms with van der Waals surface area (Å²) < 4.78 is 29.9. The smallest absolute Gasteiger partial charge is 0.240 e. The Morgan fingerprint density at radius 1 is 0.976 bits per heavy atom. The number of nitrogens with one attached hydrogen (secondary N) is 1. The number of aliphatic hydroxyl groups is 1. The molecule has 4 saturated carbocycles. The lowest BCUT2D eigenvalue weighted by Gasteiger charge is -2.63. The van der Waals surface area contributed by atoms with Crippen LogP contribution in [0, 0.1) is 52.3 Å². The summed E-state index contributed by atoms with van der Waals surface area (Å²) in [7, 11) is -3.55. The number of sulfonamides is 1. The van der Waals surface area contributed by atoms with Gasteiger partial charge in [0.1, 0.15) is 0 Å². The van der Waals surface area contributed by atoms with Crippen molar-refractivity contribution in [3.05, 3.63) is 24.3 Å². The van der Waals surface area contributed by atoms with E-state index in [0.29, 0.717) is 40.0 Å².